The highest BCUT2D eigenvalue weighted by molar-refractivity contribution is 5.87. The van der Waals surface area contributed by atoms with Gasteiger partial charge < -0.3 is 25.0 Å². The molecule has 1 aliphatic rings. The third-order valence-corrected chi connectivity index (χ3v) is 4.42. The first-order valence-corrected chi connectivity index (χ1v) is 8.74. The average molecular weight is 359 g/mol. The van der Waals surface area contributed by atoms with Gasteiger partial charge in [0.05, 0.1) is 19.2 Å². The molecule has 0 saturated heterocycles. The monoisotopic (exact) mass is 359 g/mol. The van der Waals surface area contributed by atoms with E-state index in [1.165, 1.54) is 0 Å². The molecule has 3 rings (SSSR count). The van der Waals surface area contributed by atoms with Crippen molar-refractivity contribution in [3.05, 3.63) is 35.5 Å². The van der Waals surface area contributed by atoms with Crippen molar-refractivity contribution < 1.29 is 19.4 Å². The quantitative estimate of drug-likeness (QED) is 0.780. The Morgan fingerprint density at radius 3 is 2.77 bits per heavy atom. The summed E-state index contributed by atoms with van der Waals surface area (Å²) in [7, 11) is 0. The number of alkyl carbamates (subject to hydrolysis) is 1. The molecule has 0 bridgehead atoms. The first-order chi connectivity index (χ1) is 12.3. The van der Waals surface area contributed by atoms with E-state index < -0.39 is 11.7 Å². The SMILES string of the molecule is CC(C)(C)OC(=O)NCC(=O)N1Cc2[nH]c3ccccc3c2CC1CO. The first kappa shape index (κ1) is 18.3. The topological polar surface area (TPSA) is 94.7 Å². The number of fused-ring (bicyclic) bond motifs is 3. The zero-order chi connectivity index (χ0) is 18.9. The van der Waals surface area contributed by atoms with Crippen LogP contribution in [-0.4, -0.2) is 51.8 Å². The summed E-state index contributed by atoms with van der Waals surface area (Å²) in [6.45, 7) is 5.37. The zero-order valence-electron chi connectivity index (χ0n) is 15.3. The summed E-state index contributed by atoms with van der Waals surface area (Å²) in [5.74, 6) is -0.251. The Kier molecular flexibility index (Phi) is 4.91. The van der Waals surface area contributed by atoms with Crippen LogP contribution in [0.25, 0.3) is 10.9 Å². The summed E-state index contributed by atoms with van der Waals surface area (Å²) in [6.07, 6.45) is -0.0525. The normalized spacial score (nSPS) is 17.1. The van der Waals surface area contributed by atoms with Gasteiger partial charge in [0.25, 0.3) is 0 Å². The Hall–Kier alpha value is -2.54. The minimum absolute atomic E-state index is 0.128. The van der Waals surface area contributed by atoms with Crippen LogP contribution in [0, 0.1) is 0 Å². The number of nitrogens with one attached hydrogen (secondary N) is 2. The van der Waals surface area contributed by atoms with Gasteiger partial charge in [0.15, 0.2) is 0 Å². The molecule has 2 amide bonds. The van der Waals surface area contributed by atoms with Gasteiger partial charge in [0, 0.05) is 16.6 Å². The number of hydrogen-bond acceptors (Lipinski definition) is 4. The Bertz CT molecular complexity index is 822. The fourth-order valence-electron chi connectivity index (χ4n) is 3.29. The van der Waals surface area contributed by atoms with Crippen LogP contribution in [0.2, 0.25) is 0 Å². The lowest BCUT2D eigenvalue weighted by molar-refractivity contribution is -0.134. The van der Waals surface area contributed by atoms with Gasteiger partial charge in [-0.3, -0.25) is 4.79 Å². The van der Waals surface area contributed by atoms with Crippen molar-refractivity contribution in [1.29, 1.82) is 0 Å². The van der Waals surface area contributed by atoms with Crippen molar-refractivity contribution in [2.24, 2.45) is 0 Å². The molecular formula is C19H25N3O4. The third kappa shape index (κ3) is 3.83. The number of H-pyrrole nitrogens is 1. The van der Waals surface area contributed by atoms with Crippen LogP contribution in [0.1, 0.15) is 32.0 Å². The first-order valence-electron chi connectivity index (χ1n) is 8.74. The van der Waals surface area contributed by atoms with Crippen LogP contribution >= 0.6 is 0 Å². The number of aliphatic hydroxyl groups is 1. The maximum Gasteiger partial charge on any atom is 0.408 e. The molecule has 0 radical (unpaired) electrons. The number of aromatic nitrogens is 1. The molecule has 7 heteroatoms. The zero-order valence-corrected chi connectivity index (χ0v) is 15.3. The van der Waals surface area contributed by atoms with Gasteiger partial charge in [0.2, 0.25) is 5.91 Å². The van der Waals surface area contributed by atoms with Crippen molar-refractivity contribution in [3.63, 3.8) is 0 Å². The molecule has 1 aromatic heterocycles. The molecule has 0 spiro atoms. The summed E-state index contributed by atoms with van der Waals surface area (Å²) >= 11 is 0. The van der Waals surface area contributed by atoms with Gasteiger partial charge in [-0.05, 0) is 38.8 Å². The van der Waals surface area contributed by atoms with Crippen LogP contribution in [0.3, 0.4) is 0 Å². The highest BCUT2D eigenvalue weighted by atomic mass is 16.6. The van der Waals surface area contributed by atoms with E-state index in [0.29, 0.717) is 13.0 Å². The lowest BCUT2D eigenvalue weighted by Crippen LogP contribution is -2.50. The van der Waals surface area contributed by atoms with E-state index >= 15 is 0 Å². The molecule has 1 aromatic carbocycles. The Morgan fingerprint density at radius 1 is 1.35 bits per heavy atom. The third-order valence-electron chi connectivity index (χ3n) is 4.42. The number of carbonyl (C=O) groups is 2. The lowest BCUT2D eigenvalue weighted by atomic mass is 9.97. The van der Waals surface area contributed by atoms with Gasteiger partial charge in [0.1, 0.15) is 12.1 Å². The number of amides is 2. The number of nitrogens with zero attached hydrogens (tertiary/aromatic N) is 1. The van der Waals surface area contributed by atoms with Crippen molar-refractivity contribution in [2.45, 2.75) is 45.4 Å². The Labute approximate surface area is 152 Å². The summed E-state index contributed by atoms with van der Waals surface area (Å²) in [6, 6.07) is 7.67. The van der Waals surface area contributed by atoms with E-state index in [-0.39, 0.29) is 25.1 Å². The van der Waals surface area contributed by atoms with Gasteiger partial charge in [-0.1, -0.05) is 18.2 Å². The second kappa shape index (κ2) is 6.99. The molecule has 26 heavy (non-hydrogen) atoms. The largest absolute Gasteiger partial charge is 0.444 e. The standard InChI is InChI=1S/C19H25N3O4/c1-19(2,3)26-18(25)20-9-17(24)22-10-16-14(8-12(22)11-23)13-6-4-5-7-15(13)21-16/h4-7,12,21,23H,8-11H2,1-3H3,(H,20,25). The predicted octanol–water partition coefficient (Wildman–Crippen LogP) is 1.94. The number of ether oxygens (including phenoxy) is 1. The number of aliphatic hydroxyl groups excluding tert-OH is 1. The van der Waals surface area contributed by atoms with E-state index in [0.717, 1.165) is 22.2 Å². The highest BCUT2D eigenvalue weighted by Gasteiger charge is 2.31. The maximum absolute atomic E-state index is 12.6. The molecule has 1 atom stereocenters. The molecule has 0 fully saturated rings. The smallest absolute Gasteiger partial charge is 0.408 e. The van der Waals surface area contributed by atoms with E-state index in [4.69, 9.17) is 4.74 Å². The van der Waals surface area contributed by atoms with Gasteiger partial charge in [-0.2, -0.15) is 0 Å². The summed E-state index contributed by atoms with van der Waals surface area (Å²) in [4.78, 5) is 29.3. The second-order valence-electron chi connectivity index (χ2n) is 7.55. The number of rotatable bonds is 3. The minimum Gasteiger partial charge on any atom is -0.444 e. The molecule has 1 unspecified atom stereocenters. The van der Waals surface area contributed by atoms with Crippen LogP contribution < -0.4 is 5.32 Å². The van der Waals surface area contributed by atoms with Crippen LogP contribution in [0.5, 0.6) is 0 Å². The lowest BCUT2D eigenvalue weighted by Gasteiger charge is -2.34. The molecular weight excluding hydrogens is 334 g/mol. The van der Waals surface area contributed by atoms with Gasteiger partial charge in [-0.25, -0.2) is 4.79 Å². The van der Waals surface area contributed by atoms with E-state index in [2.05, 4.69) is 10.3 Å². The molecule has 2 aromatic rings. The van der Waals surface area contributed by atoms with E-state index in [1.54, 1.807) is 25.7 Å². The molecule has 0 aliphatic carbocycles. The number of para-hydroxylation sites is 1. The number of carbonyl (C=O) groups excluding carboxylic acids is 2. The molecule has 2 heterocycles. The molecule has 1 aliphatic heterocycles. The van der Waals surface area contributed by atoms with Gasteiger partial charge in [-0.15, -0.1) is 0 Å². The molecule has 0 saturated carbocycles. The number of benzene rings is 1. The van der Waals surface area contributed by atoms with Crippen molar-refractivity contribution in [1.82, 2.24) is 15.2 Å². The summed E-state index contributed by atoms with van der Waals surface area (Å²) in [5.41, 5.74) is 2.52. The summed E-state index contributed by atoms with van der Waals surface area (Å²) < 4.78 is 5.15. The number of hydrogen-bond donors (Lipinski definition) is 3. The Morgan fingerprint density at radius 2 is 2.08 bits per heavy atom. The fourth-order valence-corrected chi connectivity index (χ4v) is 3.29. The van der Waals surface area contributed by atoms with E-state index in [1.807, 2.05) is 24.3 Å². The average Bonchev–Trinajstić information content (AvgIpc) is 2.94. The van der Waals surface area contributed by atoms with Crippen LogP contribution in [0.4, 0.5) is 4.79 Å². The molecule has 3 N–H and O–H groups in total. The predicted molar refractivity (Wildman–Crippen MR) is 97.7 cm³/mol. The Balaban J connectivity index is 1.71. The van der Waals surface area contributed by atoms with Gasteiger partial charge >= 0.3 is 6.09 Å². The van der Waals surface area contributed by atoms with Crippen molar-refractivity contribution in [2.75, 3.05) is 13.2 Å². The van der Waals surface area contributed by atoms with Crippen LogP contribution in [0.15, 0.2) is 24.3 Å². The second-order valence-corrected chi connectivity index (χ2v) is 7.55. The highest BCUT2D eigenvalue weighted by Crippen LogP contribution is 2.30. The fraction of sp³-hybridized carbons (Fsp3) is 0.474. The summed E-state index contributed by atoms with van der Waals surface area (Å²) in [5, 5.41) is 13.4. The minimum atomic E-state index is -0.630. The van der Waals surface area contributed by atoms with Crippen LogP contribution in [-0.2, 0) is 22.5 Å². The van der Waals surface area contributed by atoms with E-state index in [9.17, 15) is 14.7 Å². The van der Waals surface area contributed by atoms with Crippen molar-refractivity contribution in [3.8, 4) is 0 Å². The molecule has 140 valence electrons. The maximum atomic E-state index is 12.6. The number of aromatic amines is 1. The molecule has 7 nitrogen and oxygen atoms in total. The van der Waals surface area contributed by atoms with Crippen molar-refractivity contribution >= 4 is 22.9 Å².